The molecule has 1 fully saturated rings. The maximum atomic E-state index is 13.4. The minimum Gasteiger partial charge on any atom is -0.437 e. The number of carbonyl (C=O) groups is 2. The number of likely N-dealkylation sites (N-methyl/N-ethyl adjacent to an activating group) is 1. The molecule has 4 rings (SSSR count). The van der Waals surface area contributed by atoms with Crippen molar-refractivity contribution in [2.24, 2.45) is 0 Å². The lowest BCUT2D eigenvalue weighted by molar-refractivity contribution is -0.137. The molecule has 1 aliphatic rings. The highest BCUT2D eigenvalue weighted by atomic mass is 35.5. The summed E-state index contributed by atoms with van der Waals surface area (Å²) in [6.45, 7) is 1.19. The Labute approximate surface area is 234 Å². The number of rotatable bonds is 10. The van der Waals surface area contributed by atoms with Gasteiger partial charge in [0.2, 0.25) is 11.8 Å². The molecular weight excluding hydrogens is 549 g/mol. The lowest BCUT2D eigenvalue weighted by atomic mass is 10.2. The van der Waals surface area contributed by atoms with Crippen molar-refractivity contribution < 1.29 is 32.2 Å². The van der Waals surface area contributed by atoms with Gasteiger partial charge in [-0.25, -0.2) is 4.98 Å². The van der Waals surface area contributed by atoms with Gasteiger partial charge < -0.3 is 25.0 Å². The van der Waals surface area contributed by atoms with Crippen molar-refractivity contribution in [2.75, 3.05) is 26.7 Å². The molecule has 3 aromatic rings. The van der Waals surface area contributed by atoms with Crippen LogP contribution < -0.4 is 15.4 Å². The standard InChI is InChI=1S/C28H28ClF3N4O4/c1-33-20-11-13-36(15-20)27(38)23(17-39-16-18-6-3-2-4-7-18)35-25(37)21-8-5-12-34-26(21)40-24-10-9-19(14-22(24)29)28(30,31)32/h2-10,12,14,20,23,33H,11,13,15-17H2,1H3,(H,35,37). The minimum absolute atomic E-state index is 0.0335. The molecule has 2 atom stereocenters. The van der Waals surface area contributed by atoms with E-state index in [9.17, 15) is 22.8 Å². The van der Waals surface area contributed by atoms with E-state index < -0.39 is 23.7 Å². The molecule has 12 heteroatoms. The van der Waals surface area contributed by atoms with Gasteiger partial charge in [0.25, 0.3) is 5.91 Å². The predicted octanol–water partition coefficient (Wildman–Crippen LogP) is 4.68. The zero-order valence-corrected chi connectivity index (χ0v) is 22.3. The number of aromatic nitrogens is 1. The number of ether oxygens (including phenoxy) is 2. The van der Waals surface area contributed by atoms with Gasteiger partial charge in [-0.3, -0.25) is 9.59 Å². The number of nitrogens with one attached hydrogen (secondary N) is 2. The SMILES string of the molecule is CNC1CCN(C(=O)C(COCc2ccccc2)NC(=O)c2cccnc2Oc2ccc(C(F)(F)F)cc2Cl)C1. The van der Waals surface area contributed by atoms with Gasteiger partial charge in [-0.15, -0.1) is 0 Å². The number of benzene rings is 2. The molecule has 2 amide bonds. The first-order valence-corrected chi connectivity index (χ1v) is 12.9. The quantitative estimate of drug-likeness (QED) is 0.364. The number of hydrogen-bond donors (Lipinski definition) is 2. The number of likely N-dealkylation sites (tertiary alicyclic amines) is 1. The summed E-state index contributed by atoms with van der Waals surface area (Å²) in [6.07, 6.45) is -2.44. The smallest absolute Gasteiger partial charge is 0.416 e. The van der Waals surface area contributed by atoms with E-state index in [1.54, 1.807) is 4.90 Å². The van der Waals surface area contributed by atoms with Crippen molar-refractivity contribution in [3.63, 3.8) is 0 Å². The maximum absolute atomic E-state index is 13.4. The zero-order valence-electron chi connectivity index (χ0n) is 21.6. The molecule has 0 aliphatic carbocycles. The van der Waals surface area contributed by atoms with Crippen LogP contribution in [0.1, 0.15) is 27.9 Å². The number of nitrogens with zero attached hydrogens (tertiary/aromatic N) is 2. The van der Waals surface area contributed by atoms with Crippen LogP contribution in [0.4, 0.5) is 13.2 Å². The van der Waals surface area contributed by atoms with E-state index in [0.29, 0.717) is 13.1 Å². The van der Waals surface area contributed by atoms with Crippen LogP contribution in [0.15, 0.2) is 66.9 Å². The average molecular weight is 577 g/mol. The third kappa shape index (κ3) is 7.50. The van der Waals surface area contributed by atoms with Crippen LogP contribution in [-0.2, 0) is 22.3 Å². The third-order valence-corrected chi connectivity index (χ3v) is 6.68. The van der Waals surface area contributed by atoms with E-state index in [2.05, 4.69) is 15.6 Å². The Morgan fingerprint density at radius 1 is 1.15 bits per heavy atom. The van der Waals surface area contributed by atoms with E-state index in [1.165, 1.54) is 18.3 Å². The highest BCUT2D eigenvalue weighted by Gasteiger charge is 2.33. The molecule has 2 aromatic carbocycles. The summed E-state index contributed by atoms with van der Waals surface area (Å²) < 4.78 is 50.5. The van der Waals surface area contributed by atoms with Crippen LogP contribution in [0.3, 0.4) is 0 Å². The fourth-order valence-corrected chi connectivity index (χ4v) is 4.42. The molecule has 0 radical (unpaired) electrons. The molecular formula is C28H28ClF3N4O4. The van der Waals surface area contributed by atoms with Gasteiger partial charge in [0.05, 0.1) is 23.8 Å². The first kappa shape index (κ1) is 29.3. The number of amides is 2. The van der Waals surface area contributed by atoms with Crippen molar-refractivity contribution in [1.82, 2.24) is 20.5 Å². The summed E-state index contributed by atoms with van der Waals surface area (Å²) in [5.74, 6) is -1.26. The van der Waals surface area contributed by atoms with E-state index in [1.807, 2.05) is 37.4 Å². The lowest BCUT2D eigenvalue weighted by Crippen LogP contribution is -2.51. The van der Waals surface area contributed by atoms with Crippen molar-refractivity contribution in [3.8, 4) is 11.6 Å². The molecule has 2 N–H and O–H groups in total. The van der Waals surface area contributed by atoms with Crippen LogP contribution in [0.25, 0.3) is 0 Å². The molecule has 1 aliphatic heterocycles. The summed E-state index contributed by atoms with van der Waals surface area (Å²) in [6, 6.07) is 14.1. The van der Waals surface area contributed by atoms with Gasteiger partial charge in [0.15, 0.2) is 0 Å². The molecule has 0 bridgehead atoms. The Balaban J connectivity index is 1.51. The molecule has 1 saturated heterocycles. The second-order valence-corrected chi connectivity index (χ2v) is 9.59. The summed E-state index contributed by atoms with van der Waals surface area (Å²) in [5.41, 5.74) is -0.0650. The van der Waals surface area contributed by atoms with E-state index in [-0.39, 0.29) is 47.4 Å². The summed E-state index contributed by atoms with van der Waals surface area (Å²) in [7, 11) is 1.83. The monoisotopic (exact) mass is 576 g/mol. The van der Waals surface area contributed by atoms with Crippen molar-refractivity contribution in [1.29, 1.82) is 0 Å². The number of pyridine rings is 1. The lowest BCUT2D eigenvalue weighted by Gasteiger charge is -2.25. The summed E-state index contributed by atoms with van der Waals surface area (Å²) in [4.78, 5) is 32.5. The molecule has 0 saturated carbocycles. The highest BCUT2D eigenvalue weighted by Crippen LogP contribution is 2.36. The van der Waals surface area contributed by atoms with E-state index in [0.717, 1.165) is 30.2 Å². The Kier molecular flexibility index (Phi) is 9.62. The number of halogens is 4. The Hall–Kier alpha value is -3.67. The molecule has 0 spiro atoms. The second-order valence-electron chi connectivity index (χ2n) is 9.19. The van der Waals surface area contributed by atoms with Crippen molar-refractivity contribution in [3.05, 3.63) is 88.6 Å². The normalized spacial score (nSPS) is 16.0. The predicted molar refractivity (Wildman–Crippen MR) is 142 cm³/mol. The Bertz CT molecular complexity index is 1330. The van der Waals surface area contributed by atoms with Gasteiger partial charge in [-0.05, 0) is 49.4 Å². The van der Waals surface area contributed by atoms with Crippen LogP contribution in [0.2, 0.25) is 5.02 Å². The van der Waals surface area contributed by atoms with Gasteiger partial charge in [0, 0.05) is 25.3 Å². The van der Waals surface area contributed by atoms with E-state index in [4.69, 9.17) is 21.1 Å². The second kappa shape index (κ2) is 13.1. The Morgan fingerprint density at radius 2 is 1.93 bits per heavy atom. The molecule has 212 valence electrons. The van der Waals surface area contributed by atoms with Crippen LogP contribution >= 0.6 is 11.6 Å². The first-order chi connectivity index (χ1) is 19.2. The first-order valence-electron chi connectivity index (χ1n) is 12.5. The van der Waals surface area contributed by atoms with Crippen LogP contribution in [0, 0.1) is 0 Å². The highest BCUT2D eigenvalue weighted by molar-refractivity contribution is 6.32. The summed E-state index contributed by atoms with van der Waals surface area (Å²) >= 11 is 6.02. The molecule has 1 aromatic heterocycles. The fraction of sp³-hybridized carbons (Fsp3) is 0.321. The van der Waals surface area contributed by atoms with Gasteiger partial charge in [-0.2, -0.15) is 13.2 Å². The largest absolute Gasteiger partial charge is 0.437 e. The van der Waals surface area contributed by atoms with Crippen LogP contribution in [0.5, 0.6) is 11.6 Å². The Morgan fingerprint density at radius 3 is 2.60 bits per heavy atom. The van der Waals surface area contributed by atoms with Gasteiger partial charge in [-0.1, -0.05) is 41.9 Å². The topological polar surface area (TPSA) is 92.8 Å². The van der Waals surface area contributed by atoms with Gasteiger partial charge in [0.1, 0.15) is 17.4 Å². The fourth-order valence-electron chi connectivity index (χ4n) is 4.21. The molecule has 2 unspecified atom stereocenters. The van der Waals surface area contributed by atoms with Crippen molar-refractivity contribution in [2.45, 2.75) is 31.3 Å². The minimum atomic E-state index is -4.58. The summed E-state index contributed by atoms with van der Waals surface area (Å²) in [5, 5.41) is 5.57. The number of alkyl halides is 3. The number of carbonyl (C=O) groups excluding carboxylic acids is 2. The van der Waals surface area contributed by atoms with Crippen LogP contribution in [-0.4, -0.2) is 60.5 Å². The average Bonchev–Trinajstić information content (AvgIpc) is 3.43. The third-order valence-electron chi connectivity index (χ3n) is 6.39. The van der Waals surface area contributed by atoms with Crippen molar-refractivity contribution >= 4 is 23.4 Å². The molecule has 40 heavy (non-hydrogen) atoms. The maximum Gasteiger partial charge on any atom is 0.416 e. The van der Waals surface area contributed by atoms with E-state index >= 15 is 0 Å². The molecule has 2 heterocycles. The number of hydrogen-bond acceptors (Lipinski definition) is 6. The zero-order chi connectivity index (χ0) is 28.7. The molecule has 8 nitrogen and oxygen atoms in total. The van der Waals surface area contributed by atoms with Gasteiger partial charge >= 0.3 is 6.18 Å².